The van der Waals surface area contributed by atoms with Gasteiger partial charge in [0.2, 0.25) is 5.91 Å². The summed E-state index contributed by atoms with van der Waals surface area (Å²) in [5.74, 6) is 1.56. The first-order valence-electron chi connectivity index (χ1n) is 9.06. The third-order valence-corrected chi connectivity index (χ3v) is 5.13. The first-order chi connectivity index (χ1) is 11.8. The summed E-state index contributed by atoms with van der Waals surface area (Å²) in [7, 11) is 0. The molecule has 0 N–H and O–H groups in total. The van der Waals surface area contributed by atoms with E-state index in [0.29, 0.717) is 12.5 Å². The molecule has 1 heterocycles. The zero-order valence-corrected chi connectivity index (χ0v) is 14.9. The maximum absolute atomic E-state index is 13.1. The summed E-state index contributed by atoms with van der Waals surface area (Å²) < 4.78 is 5.77. The van der Waals surface area contributed by atoms with Crippen LogP contribution in [0.15, 0.2) is 35.9 Å². The standard InChI is InChI=1S/C20H26ClNO2/c21-11-6-14-24-18-10-5-9-17(15-18)19(16-7-4-8-16)20(23)22-12-2-1-3-13-22/h5,7,9-10,15,19H,1-4,6,8,11-14H2. The number of hydrogen-bond donors (Lipinski definition) is 0. The Kier molecular flexibility index (Phi) is 6.19. The van der Waals surface area contributed by atoms with E-state index in [0.717, 1.165) is 56.5 Å². The van der Waals surface area contributed by atoms with E-state index in [9.17, 15) is 4.79 Å². The number of piperidine rings is 1. The van der Waals surface area contributed by atoms with Crippen LogP contribution in [0.2, 0.25) is 0 Å². The third kappa shape index (κ3) is 4.13. The lowest BCUT2D eigenvalue weighted by Gasteiger charge is -2.33. The van der Waals surface area contributed by atoms with Crippen LogP contribution in [0.3, 0.4) is 0 Å². The lowest BCUT2D eigenvalue weighted by molar-refractivity contribution is -0.132. The quantitative estimate of drug-likeness (QED) is 0.412. The van der Waals surface area contributed by atoms with Crippen LogP contribution in [0.1, 0.15) is 50.0 Å². The van der Waals surface area contributed by atoms with Gasteiger partial charge in [-0.05, 0) is 56.2 Å². The van der Waals surface area contributed by atoms with Gasteiger partial charge in [-0.25, -0.2) is 0 Å². The van der Waals surface area contributed by atoms with Gasteiger partial charge in [-0.3, -0.25) is 4.79 Å². The number of ether oxygens (including phenoxy) is 1. The van der Waals surface area contributed by atoms with E-state index in [2.05, 4.69) is 12.1 Å². The Hall–Kier alpha value is -1.48. The number of amides is 1. The normalized spacial score (nSPS) is 18.5. The number of likely N-dealkylation sites (tertiary alicyclic amines) is 1. The molecule has 0 spiro atoms. The first-order valence-corrected chi connectivity index (χ1v) is 9.59. The van der Waals surface area contributed by atoms with Crippen molar-refractivity contribution in [2.45, 2.75) is 44.4 Å². The molecule has 4 heteroatoms. The van der Waals surface area contributed by atoms with Crippen LogP contribution in [0.25, 0.3) is 0 Å². The highest BCUT2D eigenvalue weighted by Crippen LogP contribution is 2.37. The van der Waals surface area contributed by atoms with Crippen LogP contribution < -0.4 is 4.74 Å². The highest BCUT2D eigenvalue weighted by Gasteiger charge is 2.31. The molecule has 1 aromatic rings. The smallest absolute Gasteiger partial charge is 0.234 e. The Labute approximate surface area is 149 Å². The van der Waals surface area contributed by atoms with Crippen molar-refractivity contribution in [1.82, 2.24) is 4.90 Å². The summed E-state index contributed by atoms with van der Waals surface area (Å²) in [6, 6.07) is 8.02. The number of carbonyl (C=O) groups excluding carboxylic acids is 1. The molecule has 1 aliphatic heterocycles. The Balaban J connectivity index is 1.78. The number of halogens is 1. The average Bonchev–Trinajstić information content (AvgIpc) is 2.59. The van der Waals surface area contributed by atoms with E-state index in [1.54, 1.807) is 0 Å². The summed E-state index contributed by atoms with van der Waals surface area (Å²) >= 11 is 5.71. The van der Waals surface area contributed by atoms with Gasteiger partial charge in [0.1, 0.15) is 5.75 Å². The molecule has 1 amide bonds. The molecule has 3 rings (SSSR count). The number of rotatable bonds is 7. The molecule has 24 heavy (non-hydrogen) atoms. The van der Waals surface area contributed by atoms with Gasteiger partial charge in [0.15, 0.2) is 0 Å². The molecular weight excluding hydrogens is 322 g/mol. The molecule has 0 radical (unpaired) electrons. The molecule has 1 atom stereocenters. The largest absolute Gasteiger partial charge is 0.494 e. The molecular formula is C20H26ClNO2. The molecule has 1 unspecified atom stereocenters. The number of hydrogen-bond acceptors (Lipinski definition) is 2. The van der Waals surface area contributed by atoms with E-state index in [4.69, 9.17) is 16.3 Å². The van der Waals surface area contributed by atoms with Crippen molar-refractivity contribution in [3.8, 4) is 5.75 Å². The van der Waals surface area contributed by atoms with E-state index < -0.39 is 0 Å². The minimum absolute atomic E-state index is 0.131. The fraction of sp³-hybridized carbons (Fsp3) is 0.550. The molecule has 2 aliphatic rings. The Morgan fingerprint density at radius 1 is 1.25 bits per heavy atom. The highest BCUT2D eigenvalue weighted by molar-refractivity contribution is 6.17. The predicted octanol–water partition coefficient (Wildman–Crippen LogP) is 4.51. The van der Waals surface area contributed by atoms with Crippen molar-refractivity contribution in [3.05, 3.63) is 41.5 Å². The van der Waals surface area contributed by atoms with Crippen LogP contribution in [-0.4, -0.2) is 36.4 Å². The van der Waals surface area contributed by atoms with E-state index in [1.807, 2.05) is 23.1 Å². The maximum Gasteiger partial charge on any atom is 0.234 e. The SMILES string of the molecule is O=C(C(C1=CCC1)c1cccc(OCCCCl)c1)N1CCCCC1. The summed E-state index contributed by atoms with van der Waals surface area (Å²) in [6.45, 7) is 2.41. The fourth-order valence-electron chi connectivity index (χ4n) is 3.41. The van der Waals surface area contributed by atoms with Crippen molar-refractivity contribution in [2.75, 3.05) is 25.6 Å². The van der Waals surface area contributed by atoms with Gasteiger partial charge in [-0.15, -0.1) is 11.6 Å². The predicted molar refractivity (Wildman–Crippen MR) is 97.8 cm³/mol. The van der Waals surface area contributed by atoms with Crippen LogP contribution in [0, 0.1) is 0 Å². The molecule has 1 fully saturated rings. The molecule has 130 valence electrons. The van der Waals surface area contributed by atoms with Gasteiger partial charge in [-0.1, -0.05) is 23.8 Å². The van der Waals surface area contributed by atoms with Gasteiger partial charge >= 0.3 is 0 Å². The molecule has 1 aromatic carbocycles. The van der Waals surface area contributed by atoms with Gasteiger partial charge in [0.25, 0.3) is 0 Å². The maximum atomic E-state index is 13.1. The lowest BCUT2D eigenvalue weighted by atomic mass is 9.81. The summed E-state index contributed by atoms with van der Waals surface area (Å²) in [5.41, 5.74) is 2.32. The molecule has 0 aromatic heterocycles. The molecule has 1 saturated heterocycles. The van der Waals surface area contributed by atoms with E-state index in [-0.39, 0.29) is 11.8 Å². The fourth-order valence-corrected chi connectivity index (χ4v) is 3.52. The van der Waals surface area contributed by atoms with Gasteiger partial charge in [-0.2, -0.15) is 0 Å². The van der Waals surface area contributed by atoms with Crippen LogP contribution in [0.5, 0.6) is 5.75 Å². The summed E-state index contributed by atoms with van der Waals surface area (Å²) in [4.78, 5) is 15.2. The van der Waals surface area contributed by atoms with E-state index in [1.165, 1.54) is 12.0 Å². The number of allylic oxidation sites excluding steroid dienone is 1. The van der Waals surface area contributed by atoms with Gasteiger partial charge < -0.3 is 9.64 Å². The second kappa shape index (κ2) is 8.57. The highest BCUT2D eigenvalue weighted by atomic mass is 35.5. The van der Waals surface area contributed by atoms with Crippen molar-refractivity contribution in [1.29, 1.82) is 0 Å². The lowest BCUT2D eigenvalue weighted by Crippen LogP contribution is -2.39. The topological polar surface area (TPSA) is 29.5 Å². The minimum Gasteiger partial charge on any atom is -0.494 e. The second-order valence-electron chi connectivity index (χ2n) is 6.60. The van der Waals surface area contributed by atoms with Crippen molar-refractivity contribution in [3.63, 3.8) is 0 Å². The Morgan fingerprint density at radius 3 is 2.71 bits per heavy atom. The molecule has 0 saturated carbocycles. The van der Waals surface area contributed by atoms with Crippen LogP contribution in [0.4, 0.5) is 0 Å². The molecule has 0 bridgehead atoms. The average molecular weight is 348 g/mol. The third-order valence-electron chi connectivity index (χ3n) is 4.86. The number of nitrogens with zero attached hydrogens (tertiary/aromatic N) is 1. The van der Waals surface area contributed by atoms with Crippen LogP contribution in [-0.2, 0) is 4.79 Å². The van der Waals surface area contributed by atoms with Gasteiger partial charge in [0, 0.05) is 19.0 Å². The number of alkyl halides is 1. The number of benzene rings is 1. The van der Waals surface area contributed by atoms with Crippen molar-refractivity contribution >= 4 is 17.5 Å². The minimum atomic E-state index is -0.131. The van der Waals surface area contributed by atoms with E-state index >= 15 is 0 Å². The van der Waals surface area contributed by atoms with Crippen LogP contribution >= 0.6 is 11.6 Å². The summed E-state index contributed by atoms with van der Waals surface area (Å²) in [5, 5.41) is 0. The zero-order chi connectivity index (χ0) is 16.8. The van der Waals surface area contributed by atoms with Gasteiger partial charge in [0.05, 0.1) is 12.5 Å². The zero-order valence-electron chi connectivity index (χ0n) is 14.2. The monoisotopic (exact) mass is 347 g/mol. The Morgan fingerprint density at radius 2 is 2.04 bits per heavy atom. The Bertz CT molecular complexity index is 593. The summed E-state index contributed by atoms with van der Waals surface area (Å²) in [6.07, 6.45) is 8.65. The van der Waals surface area contributed by atoms with Crippen molar-refractivity contribution < 1.29 is 9.53 Å². The second-order valence-corrected chi connectivity index (χ2v) is 6.98. The molecule has 3 nitrogen and oxygen atoms in total. The number of carbonyl (C=O) groups is 1. The van der Waals surface area contributed by atoms with Crippen molar-refractivity contribution in [2.24, 2.45) is 0 Å². The molecule has 1 aliphatic carbocycles. The first kappa shape index (κ1) is 17.3.